The number of hydrogen-bond acceptors (Lipinski definition) is 7. The first-order valence-electron chi connectivity index (χ1n) is 4.92. The Labute approximate surface area is 101 Å². The summed E-state index contributed by atoms with van der Waals surface area (Å²) in [5, 5.41) is 0.307. The molecule has 0 aliphatic rings. The fourth-order valence-corrected chi connectivity index (χ4v) is 2.07. The van der Waals surface area contributed by atoms with E-state index in [0.29, 0.717) is 22.3 Å². The third-order valence-electron chi connectivity index (χ3n) is 1.93. The number of nitrogens with two attached hydrogens (primary N) is 1. The molecule has 88 valence electrons. The Hall–Kier alpha value is -2.02. The lowest BCUT2D eigenvalue weighted by Crippen LogP contribution is -2.06. The number of ether oxygens (including phenoxy) is 1. The number of aromatic nitrogens is 3. The molecule has 0 fully saturated rings. The lowest BCUT2D eigenvalue weighted by molar-refractivity contribution is 0.0521. The highest BCUT2D eigenvalue weighted by atomic mass is 32.1. The largest absolute Gasteiger partial charge is 0.461 e. The van der Waals surface area contributed by atoms with Gasteiger partial charge in [-0.1, -0.05) is 11.3 Å². The van der Waals surface area contributed by atoms with Crippen LogP contribution in [0.2, 0.25) is 0 Å². The molecule has 0 aliphatic carbocycles. The van der Waals surface area contributed by atoms with Crippen LogP contribution in [-0.4, -0.2) is 27.5 Å². The van der Waals surface area contributed by atoms with Gasteiger partial charge in [0.25, 0.3) is 0 Å². The standard InChI is InChI=1S/C10H10N4O2S/c1-2-16-9(15)7-8(17-10(11)14-7)6-3-4-12-5-13-6/h3-5H,2H2,1H3,(H2,11,14). The maximum atomic E-state index is 11.7. The number of nitrogen functional groups attached to an aromatic ring is 1. The number of nitrogens with zero attached hydrogens (tertiary/aromatic N) is 3. The summed E-state index contributed by atoms with van der Waals surface area (Å²) in [6.07, 6.45) is 2.99. The zero-order valence-corrected chi connectivity index (χ0v) is 9.90. The van der Waals surface area contributed by atoms with E-state index in [1.54, 1.807) is 19.2 Å². The highest BCUT2D eigenvalue weighted by Crippen LogP contribution is 2.30. The summed E-state index contributed by atoms with van der Waals surface area (Å²) in [6.45, 7) is 2.03. The molecule has 2 N–H and O–H groups in total. The average molecular weight is 250 g/mol. The van der Waals surface area contributed by atoms with Crippen molar-refractivity contribution in [3.05, 3.63) is 24.3 Å². The van der Waals surface area contributed by atoms with Crippen molar-refractivity contribution in [2.75, 3.05) is 12.3 Å². The average Bonchev–Trinajstić information content (AvgIpc) is 2.73. The number of carbonyl (C=O) groups excluding carboxylic acids is 1. The van der Waals surface area contributed by atoms with E-state index in [9.17, 15) is 4.79 Å². The van der Waals surface area contributed by atoms with Crippen molar-refractivity contribution in [1.82, 2.24) is 15.0 Å². The summed E-state index contributed by atoms with van der Waals surface area (Å²) in [5.41, 5.74) is 6.42. The molecule has 7 heteroatoms. The summed E-state index contributed by atoms with van der Waals surface area (Å²) in [4.78, 5) is 24.1. The third kappa shape index (κ3) is 2.39. The lowest BCUT2D eigenvalue weighted by Gasteiger charge is -2.00. The Morgan fingerprint density at radius 2 is 2.41 bits per heavy atom. The van der Waals surface area contributed by atoms with Gasteiger partial charge in [0, 0.05) is 6.20 Å². The van der Waals surface area contributed by atoms with Crippen LogP contribution in [0.1, 0.15) is 17.4 Å². The van der Waals surface area contributed by atoms with Gasteiger partial charge < -0.3 is 10.5 Å². The fraction of sp³-hybridized carbons (Fsp3) is 0.200. The number of hydrogen-bond donors (Lipinski definition) is 1. The quantitative estimate of drug-likeness (QED) is 0.827. The molecule has 6 nitrogen and oxygen atoms in total. The molecule has 2 heterocycles. The van der Waals surface area contributed by atoms with Crippen LogP contribution >= 0.6 is 11.3 Å². The number of carbonyl (C=O) groups is 1. The van der Waals surface area contributed by atoms with Crippen LogP contribution < -0.4 is 5.73 Å². The molecule has 2 aromatic rings. The van der Waals surface area contributed by atoms with Crippen molar-refractivity contribution < 1.29 is 9.53 Å². The predicted molar refractivity (Wildman–Crippen MR) is 63.5 cm³/mol. The Morgan fingerprint density at radius 1 is 1.59 bits per heavy atom. The third-order valence-corrected chi connectivity index (χ3v) is 2.83. The first-order chi connectivity index (χ1) is 8.22. The van der Waals surface area contributed by atoms with Gasteiger partial charge in [0.05, 0.1) is 17.2 Å². The topological polar surface area (TPSA) is 91.0 Å². The Kier molecular flexibility index (Phi) is 3.29. The summed E-state index contributed by atoms with van der Waals surface area (Å²) >= 11 is 1.20. The zero-order valence-electron chi connectivity index (χ0n) is 9.08. The van der Waals surface area contributed by atoms with Crippen LogP contribution in [-0.2, 0) is 4.74 Å². The van der Waals surface area contributed by atoms with E-state index in [2.05, 4.69) is 15.0 Å². The van der Waals surface area contributed by atoms with Gasteiger partial charge >= 0.3 is 5.97 Å². The van der Waals surface area contributed by atoms with Gasteiger partial charge in [-0.05, 0) is 13.0 Å². The summed E-state index contributed by atoms with van der Waals surface area (Å²) in [5.74, 6) is -0.492. The van der Waals surface area contributed by atoms with E-state index >= 15 is 0 Å². The molecular formula is C10H10N4O2S. The minimum absolute atomic E-state index is 0.202. The molecule has 2 aromatic heterocycles. The van der Waals surface area contributed by atoms with E-state index in [-0.39, 0.29) is 5.69 Å². The second-order valence-corrected chi connectivity index (χ2v) is 4.08. The van der Waals surface area contributed by atoms with E-state index in [4.69, 9.17) is 10.5 Å². The normalized spacial score (nSPS) is 10.2. The minimum Gasteiger partial charge on any atom is -0.461 e. The Morgan fingerprint density at radius 3 is 3.06 bits per heavy atom. The minimum atomic E-state index is -0.492. The molecule has 0 aliphatic heterocycles. The second kappa shape index (κ2) is 4.88. The van der Waals surface area contributed by atoms with Crippen LogP contribution in [0.4, 0.5) is 5.13 Å². The lowest BCUT2D eigenvalue weighted by atomic mass is 10.3. The molecule has 0 saturated carbocycles. The molecular weight excluding hydrogens is 240 g/mol. The Bertz CT molecular complexity index is 526. The molecule has 17 heavy (non-hydrogen) atoms. The van der Waals surface area contributed by atoms with Crippen molar-refractivity contribution in [3.8, 4) is 10.6 Å². The summed E-state index contributed by atoms with van der Waals surface area (Å²) < 4.78 is 4.91. The van der Waals surface area contributed by atoms with Gasteiger partial charge in [-0.25, -0.2) is 19.7 Å². The molecule has 0 saturated heterocycles. The summed E-state index contributed by atoms with van der Waals surface area (Å²) in [7, 11) is 0. The highest BCUT2D eigenvalue weighted by Gasteiger charge is 2.20. The van der Waals surface area contributed by atoms with E-state index in [1.165, 1.54) is 17.7 Å². The van der Waals surface area contributed by atoms with E-state index < -0.39 is 5.97 Å². The molecule has 0 spiro atoms. The molecule has 0 atom stereocenters. The fourth-order valence-electron chi connectivity index (χ4n) is 1.27. The smallest absolute Gasteiger partial charge is 0.358 e. The molecule has 0 bridgehead atoms. The van der Waals surface area contributed by atoms with Gasteiger partial charge in [0.1, 0.15) is 6.33 Å². The van der Waals surface area contributed by atoms with Crippen LogP contribution in [0.5, 0.6) is 0 Å². The first-order valence-corrected chi connectivity index (χ1v) is 5.73. The molecule has 2 rings (SSSR count). The number of anilines is 1. The van der Waals surface area contributed by atoms with E-state index in [1.807, 2.05) is 0 Å². The SMILES string of the molecule is CCOC(=O)c1nc(N)sc1-c1ccncn1. The van der Waals surface area contributed by atoms with Gasteiger partial charge in [0.2, 0.25) is 0 Å². The van der Waals surface area contributed by atoms with Gasteiger partial charge in [-0.15, -0.1) is 0 Å². The van der Waals surface area contributed by atoms with Gasteiger partial charge in [0.15, 0.2) is 10.8 Å². The van der Waals surface area contributed by atoms with Gasteiger partial charge in [-0.3, -0.25) is 0 Å². The van der Waals surface area contributed by atoms with Crippen molar-refractivity contribution >= 4 is 22.4 Å². The molecule has 0 unspecified atom stereocenters. The van der Waals surface area contributed by atoms with Crippen molar-refractivity contribution in [3.63, 3.8) is 0 Å². The molecule has 0 radical (unpaired) electrons. The van der Waals surface area contributed by atoms with Crippen LogP contribution in [0, 0.1) is 0 Å². The molecule has 0 aromatic carbocycles. The maximum Gasteiger partial charge on any atom is 0.358 e. The predicted octanol–water partition coefficient (Wildman–Crippen LogP) is 1.36. The van der Waals surface area contributed by atoms with Crippen molar-refractivity contribution in [2.24, 2.45) is 0 Å². The highest BCUT2D eigenvalue weighted by molar-refractivity contribution is 7.19. The zero-order chi connectivity index (χ0) is 12.3. The van der Waals surface area contributed by atoms with Crippen molar-refractivity contribution in [2.45, 2.75) is 6.92 Å². The number of thiazole rings is 1. The van der Waals surface area contributed by atoms with Crippen LogP contribution in [0.15, 0.2) is 18.6 Å². The van der Waals surface area contributed by atoms with Crippen molar-refractivity contribution in [1.29, 1.82) is 0 Å². The summed E-state index contributed by atoms with van der Waals surface area (Å²) in [6, 6.07) is 1.69. The Balaban J connectivity index is 2.44. The first kappa shape index (κ1) is 11.5. The second-order valence-electron chi connectivity index (χ2n) is 3.04. The number of esters is 1. The van der Waals surface area contributed by atoms with E-state index in [0.717, 1.165) is 0 Å². The molecule has 0 amide bonds. The van der Waals surface area contributed by atoms with Crippen LogP contribution in [0.25, 0.3) is 10.6 Å². The monoisotopic (exact) mass is 250 g/mol. The van der Waals surface area contributed by atoms with Gasteiger partial charge in [-0.2, -0.15) is 0 Å². The number of rotatable bonds is 3. The van der Waals surface area contributed by atoms with Crippen LogP contribution in [0.3, 0.4) is 0 Å². The maximum absolute atomic E-state index is 11.7.